The molecule has 0 saturated carbocycles. The van der Waals surface area contributed by atoms with Gasteiger partial charge in [0.15, 0.2) is 0 Å². The molecule has 3 N–H and O–H groups in total. The first-order valence-electron chi connectivity index (χ1n) is 12.2. The lowest BCUT2D eigenvalue weighted by Gasteiger charge is -2.28. The highest BCUT2D eigenvalue weighted by atomic mass is 19.1. The fourth-order valence-corrected chi connectivity index (χ4v) is 4.85. The second-order valence-corrected chi connectivity index (χ2v) is 9.23. The molecule has 2 aliphatic rings. The average Bonchev–Trinajstić information content (AvgIpc) is 3.32. The van der Waals surface area contributed by atoms with Crippen LogP contribution in [0.4, 0.5) is 4.39 Å². The van der Waals surface area contributed by atoms with E-state index >= 15 is 0 Å². The zero-order valence-corrected chi connectivity index (χ0v) is 20.8. The van der Waals surface area contributed by atoms with Gasteiger partial charge < -0.3 is 30.0 Å². The van der Waals surface area contributed by atoms with E-state index in [0.29, 0.717) is 30.6 Å². The van der Waals surface area contributed by atoms with Gasteiger partial charge in [-0.2, -0.15) is 0 Å². The van der Waals surface area contributed by atoms with E-state index in [1.165, 1.54) is 19.2 Å². The van der Waals surface area contributed by atoms with Gasteiger partial charge in [0.25, 0.3) is 11.8 Å². The molecule has 1 heterocycles. The quantitative estimate of drug-likeness (QED) is 0.460. The maximum Gasteiger partial charge on any atom is 0.325 e. The Kier molecular flexibility index (Phi) is 8.52. The smallest absolute Gasteiger partial charge is 0.325 e. The fourth-order valence-electron chi connectivity index (χ4n) is 4.85. The van der Waals surface area contributed by atoms with Crippen LogP contribution in [0.3, 0.4) is 0 Å². The number of ether oxygens (including phenoxy) is 3. The molecule has 1 saturated heterocycles. The number of esters is 1. The molecule has 1 aliphatic heterocycles. The van der Waals surface area contributed by atoms with Crippen molar-refractivity contribution in [3.8, 4) is 0 Å². The molecular formula is C27H31FN2O7. The van der Waals surface area contributed by atoms with Crippen molar-refractivity contribution in [3.63, 3.8) is 0 Å². The van der Waals surface area contributed by atoms with Crippen LogP contribution < -0.4 is 10.6 Å². The summed E-state index contributed by atoms with van der Waals surface area (Å²) in [6.45, 7) is 0.281. The van der Waals surface area contributed by atoms with Crippen LogP contribution in [-0.2, 0) is 31.8 Å². The van der Waals surface area contributed by atoms with Crippen LogP contribution in [0.15, 0.2) is 30.3 Å². The lowest BCUT2D eigenvalue weighted by molar-refractivity contribution is -0.139. The Bertz CT molecular complexity index is 1190. The number of nitrogens with one attached hydrogen (secondary N) is 2. The predicted molar refractivity (Wildman–Crippen MR) is 131 cm³/mol. The molecule has 2 aromatic rings. The van der Waals surface area contributed by atoms with Gasteiger partial charge in [-0.1, -0.05) is 6.07 Å². The van der Waals surface area contributed by atoms with E-state index in [4.69, 9.17) is 9.47 Å². The van der Waals surface area contributed by atoms with Crippen LogP contribution in [0.1, 0.15) is 61.9 Å². The fraction of sp³-hybridized carbons (Fsp3) is 0.444. The summed E-state index contributed by atoms with van der Waals surface area (Å²) in [6, 6.07) is 7.54. The van der Waals surface area contributed by atoms with Crippen LogP contribution >= 0.6 is 0 Å². The third-order valence-corrected chi connectivity index (χ3v) is 6.86. The van der Waals surface area contributed by atoms with Gasteiger partial charge in [0.1, 0.15) is 12.4 Å². The summed E-state index contributed by atoms with van der Waals surface area (Å²) in [5.41, 5.74) is 3.75. The van der Waals surface area contributed by atoms with Crippen molar-refractivity contribution in [1.29, 1.82) is 0 Å². The Hall–Kier alpha value is -3.34. The number of carbonyl (C=O) groups is 3. The van der Waals surface area contributed by atoms with Crippen molar-refractivity contribution in [1.82, 2.24) is 10.6 Å². The number of halogens is 1. The lowest BCUT2D eigenvalue weighted by Crippen LogP contribution is -2.48. The van der Waals surface area contributed by atoms with Crippen LogP contribution in [0.2, 0.25) is 0 Å². The Morgan fingerprint density at radius 1 is 1.14 bits per heavy atom. The van der Waals surface area contributed by atoms with E-state index in [1.807, 2.05) is 6.07 Å². The molecule has 1 unspecified atom stereocenters. The Balaban J connectivity index is 1.57. The number of rotatable bonds is 8. The maximum atomic E-state index is 14.8. The summed E-state index contributed by atoms with van der Waals surface area (Å²) in [5.74, 6) is -2.37. The van der Waals surface area contributed by atoms with Crippen LogP contribution in [0.25, 0.3) is 0 Å². The standard InChI is InChI=1S/C27H31FN2O7/c1-35-24-6-5-18-16(9-15-3-4-19(21(28)10-15)27(34)29-13-25(32)36-2)11-17(12-20(18)24)26(33)30-22-7-8-37-14-23(22)31/h3-4,10-12,22-24,31H,5-9,13-14H2,1-2H3,(H,29,34)(H,30,33)/t22-,23-,24?/m0/s1. The van der Waals surface area contributed by atoms with Gasteiger partial charge in [-0.15, -0.1) is 0 Å². The predicted octanol–water partition coefficient (Wildman–Crippen LogP) is 1.83. The molecule has 198 valence electrons. The molecule has 9 nitrogen and oxygen atoms in total. The van der Waals surface area contributed by atoms with Crippen molar-refractivity contribution in [2.24, 2.45) is 0 Å². The van der Waals surface area contributed by atoms with Gasteiger partial charge in [0.2, 0.25) is 0 Å². The second kappa shape index (κ2) is 11.8. The van der Waals surface area contributed by atoms with Crippen LogP contribution in [0, 0.1) is 5.82 Å². The minimum atomic E-state index is -0.773. The SMILES string of the molecule is COC(=O)CNC(=O)c1ccc(Cc2cc(C(=O)N[C@H]3CCOC[C@@H]3O)cc3c2CCC3OC)cc1F. The summed E-state index contributed by atoms with van der Waals surface area (Å²) in [5, 5.41) is 15.4. The number of aliphatic hydroxyl groups is 1. The van der Waals surface area contributed by atoms with E-state index in [0.717, 1.165) is 29.5 Å². The van der Waals surface area contributed by atoms with E-state index < -0.39 is 29.8 Å². The minimum absolute atomic E-state index is 0.146. The second-order valence-electron chi connectivity index (χ2n) is 9.23. The number of benzene rings is 2. The summed E-state index contributed by atoms with van der Waals surface area (Å²) >= 11 is 0. The first-order valence-corrected chi connectivity index (χ1v) is 12.2. The van der Waals surface area contributed by atoms with Crippen LogP contribution in [-0.4, -0.2) is 69.0 Å². The molecule has 2 amide bonds. The molecule has 37 heavy (non-hydrogen) atoms. The van der Waals surface area contributed by atoms with E-state index in [2.05, 4.69) is 15.4 Å². The number of aliphatic hydroxyl groups excluding tert-OH is 1. The summed E-state index contributed by atoms with van der Waals surface area (Å²) in [4.78, 5) is 36.6. The van der Waals surface area contributed by atoms with Gasteiger partial charge in [-0.05, 0) is 72.2 Å². The number of fused-ring (bicyclic) bond motifs is 1. The van der Waals surface area contributed by atoms with Gasteiger partial charge >= 0.3 is 5.97 Å². The minimum Gasteiger partial charge on any atom is -0.468 e. The summed E-state index contributed by atoms with van der Waals surface area (Å²) in [7, 11) is 2.83. The number of carbonyl (C=O) groups excluding carboxylic acids is 3. The molecule has 0 spiro atoms. The number of hydrogen-bond donors (Lipinski definition) is 3. The van der Waals surface area contributed by atoms with Crippen molar-refractivity contribution < 1.29 is 38.1 Å². The zero-order chi connectivity index (χ0) is 26.5. The molecular weight excluding hydrogens is 483 g/mol. The number of amides is 2. The van der Waals surface area contributed by atoms with Gasteiger partial charge in [-0.3, -0.25) is 14.4 Å². The Morgan fingerprint density at radius 3 is 2.65 bits per heavy atom. The normalized spacial score (nSPS) is 20.7. The highest BCUT2D eigenvalue weighted by Crippen LogP contribution is 2.37. The topological polar surface area (TPSA) is 123 Å². The molecule has 2 aromatic carbocycles. The van der Waals surface area contributed by atoms with Gasteiger partial charge in [-0.25, -0.2) is 4.39 Å². The van der Waals surface area contributed by atoms with Crippen molar-refractivity contribution >= 4 is 17.8 Å². The molecule has 0 aromatic heterocycles. The van der Waals surface area contributed by atoms with Crippen molar-refractivity contribution in [2.45, 2.75) is 43.9 Å². The zero-order valence-electron chi connectivity index (χ0n) is 20.8. The van der Waals surface area contributed by atoms with Crippen molar-refractivity contribution in [2.75, 3.05) is 34.0 Å². The van der Waals surface area contributed by atoms with Crippen LogP contribution in [0.5, 0.6) is 0 Å². The molecule has 10 heteroatoms. The van der Waals surface area contributed by atoms with E-state index in [1.54, 1.807) is 19.2 Å². The molecule has 0 bridgehead atoms. The molecule has 4 rings (SSSR count). The number of methoxy groups -OCH3 is 2. The largest absolute Gasteiger partial charge is 0.468 e. The van der Waals surface area contributed by atoms with E-state index in [9.17, 15) is 23.9 Å². The van der Waals surface area contributed by atoms with E-state index in [-0.39, 0.29) is 30.7 Å². The number of hydrogen-bond acceptors (Lipinski definition) is 7. The molecule has 0 radical (unpaired) electrons. The first kappa shape index (κ1) is 26.7. The average molecular weight is 515 g/mol. The highest BCUT2D eigenvalue weighted by molar-refractivity contribution is 5.96. The first-order chi connectivity index (χ1) is 17.8. The molecule has 1 aliphatic carbocycles. The van der Waals surface area contributed by atoms with Crippen molar-refractivity contribution in [3.05, 3.63) is 69.5 Å². The van der Waals surface area contributed by atoms with Gasteiger partial charge in [0, 0.05) is 19.3 Å². The summed E-state index contributed by atoms with van der Waals surface area (Å²) in [6.07, 6.45) is 1.49. The molecule has 3 atom stereocenters. The summed E-state index contributed by atoms with van der Waals surface area (Å²) < 4.78 is 30.2. The molecule has 1 fully saturated rings. The lowest BCUT2D eigenvalue weighted by atomic mass is 9.93. The Labute approximate surface area is 214 Å². The maximum absolute atomic E-state index is 14.8. The monoisotopic (exact) mass is 514 g/mol. The van der Waals surface area contributed by atoms with Gasteiger partial charge in [0.05, 0.1) is 37.5 Å². The third kappa shape index (κ3) is 6.15. The highest BCUT2D eigenvalue weighted by Gasteiger charge is 2.29. The Morgan fingerprint density at radius 2 is 1.95 bits per heavy atom. The third-order valence-electron chi connectivity index (χ3n) is 6.86.